The van der Waals surface area contributed by atoms with E-state index in [0.29, 0.717) is 6.54 Å². The third-order valence-electron chi connectivity index (χ3n) is 4.11. The van der Waals surface area contributed by atoms with Gasteiger partial charge in [-0.1, -0.05) is 18.6 Å². The van der Waals surface area contributed by atoms with E-state index in [1.54, 1.807) is 12.1 Å². The van der Waals surface area contributed by atoms with E-state index in [2.05, 4.69) is 10.2 Å². The first kappa shape index (κ1) is 15.0. The van der Waals surface area contributed by atoms with E-state index in [0.717, 1.165) is 37.8 Å². The van der Waals surface area contributed by atoms with Crippen LogP contribution in [0.15, 0.2) is 24.3 Å². The fourth-order valence-electron chi connectivity index (χ4n) is 2.71. The number of carbonyl (C=O) groups is 1. The van der Waals surface area contributed by atoms with Crippen molar-refractivity contribution in [3.63, 3.8) is 0 Å². The molecule has 0 saturated heterocycles. The minimum atomic E-state index is -0.425. The third-order valence-corrected chi connectivity index (χ3v) is 4.11. The van der Waals surface area contributed by atoms with Crippen molar-refractivity contribution < 1.29 is 9.18 Å². The van der Waals surface area contributed by atoms with E-state index in [1.165, 1.54) is 12.1 Å². The second kappa shape index (κ2) is 6.35. The average molecular weight is 278 g/mol. The summed E-state index contributed by atoms with van der Waals surface area (Å²) < 4.78 is 13.0. The van der Waals surface area contributed by atoms with Crippen LogP contribution in [0.4, 0.5) is 4.39 Å². The topological polar surface area (TPSA) is 32.3 Å². The average Bonchev–Trinajstić information content (AvgIpc) is 2.35. The summed E-state index contributed by atoms with van der Waals surface area (Å²) in [4.78, 5) is 14.6. The third kappa shape index (κ3) is 3.18. The van der Waals surface area contributed by atoms with E-state index in [-0.39, 0.29) is 11.7 Å². The molecule has 0 spiro atoms. The van der Waals surface area contributed by atoms with Crippen molar-refractivity contribution in [2.24, 2.45) is 0 Å². The predicted molar refractivity (Wildman–Crippen MR) is 78.1 cm³/mol. The Balaban J connectivity index is 1.96. The van der Waals surface area contributed by atoms with Crippen molar-refractivity contribution >= 4 is 5.91 Å². The van der Waals surface area contributed by atoms with Gasteiger partial charge in [0.05, 0.1) is 5.41 Å². The number of benzene rings is 1. The highest BCUT2D eigenvalue weighted by atomic mass is 19.1. The summed E-state index contributed by atoms with van der Waals surface area (Å²) in [6.07, 6.45) is 3.72. The molecule has 1 fully saturated rings. The molecule has 0 heterocycles. The van der Waals surface area contributed by atoms with E-state index in [9.17, 15) is 9.18 Å². The van der Waals surface area contributed by atoms with Crippen molar-refractivity contribution in [1.29, 1.82) is 0 Å². The first-order valence-corrected chi connectivity index (χ1v) is 7.24. The second-order valence-electron chi connectivity index (χ2n) is 5.86. The van der Waals surface area contributed by atoms with E-state index in [4.69, 9.17) is 0 Å². The van der Waals surface area contributed by atoms with Gasteiger partial charge in [-0.05, 0) is 57.6 Å². The number of hydrogen-bond acceptors (Lipinski definition) is 2. The van der Waals surface area contributed by atoms with Crippen LogP contribution in [0.25, 0.3) is 0 Å². The minimum absolute atomic E-state index is 0.0918. The molecule has 0 unspecified atom stereocenters. The largest absolute Gasteiger partial charge is 0.355 e. The maximum absolute atomic E-state index is 13.0. The molecule has 4 heteroatoms. The first-order valence-electron chi connectivity index (χ1n) is 7.24. The number of nitrogens with one attached hydrogen (secondary N) is 1. The van der Waals surface area contributed by atoms with E-state index in [1.807, 2.05) is 14.1 Å². The summed E-state index contributed by atoms with van der Waals surface area (Å²) in [5.41, 5.74) is 0.515. The van der Waals surface area contributed by atoms with Crippen LogP contribution in [-0.4, -0.2) is 38.0 Å². The van der Waals surface area contributed by atoms with Crippen molar-refractivity contribution in [2.45, 2.75) is 31.1 Å². The van der Waals surface area contributed by atoms with Crippen LogP contribution in [0.3, 0.4) is 0 Å². The Kier molecular flexibility index (Phi) is 4.76. The Labute approximate surface area is 120 Å². The highest BCUT2D eigenvalue weighted by molar-refractivity contribution is 5.89. The van der Waals surface area contributed by atoms with Crippen molar-refractivity contribution in [3.05, 3.63) is 35.6 Å². The summed E-state index contributed by atoms with van der Waals surface area (Å²) in [6.45, 7) is 1.66. The monoisotopic (exact) mass is 278 g/mol. The van der Waals surface area contributed by atoms with Gasteiger partial charge in [-0.25, -0.2) is 4.39 Å². The van der Waals surface area contributed by atoms with Crippen LogP contribution < -0.4 is 5.32 Å². The molecular weight excluding hydrogens is 255 g/mol. The summed E-state index contributed by atoms with van der Waals surface area (Å²) in [5, 5.41) is 3.03. The maximum Gasteiger partial charge on any atom is 0.230 e. The van der Waals surface area contributed by atoms with Gasteiger partial charge in [-0.3, -0.25) is 4.79 Å². The van der Waals surface area contributed by atoms with Gasteiger partial charge in [0.2, 0.25) is 5.91 Å². The van der Waals surface area contributed by atoms with Crippen LogP contribution in [0, 0.1) is 5.82 Å². The number of amides is 1. The number of hydrogen-bond donors (Lipinski definition) is 1. The molecule has 20 heavy (non-hydrogen) atoms. The van der Waals surface area contributed by atoms with Gasteiger partial charge in [-0.2, -0.15) is 0 Å². The molecule has 1 aliphatic carbocycles. The SMILES string of the molecule is CN(C)CCCNC(=O)C1(c2ccc(F)cc2)CCC1. The highest BCUT2D eigenvalue weighted by Gasteiger charge is 2.45. The molecule has 110 valence electrons. The van der Waals surface area contributed by atoms with Gasteiger partial charge in [0, 0.05) is 6.54 Å². The van der Waals surface area contributed by atoms with Crippen LogP contribution in [-0.2, 0) is 10.2 Å². The lowest BCUT2D eigenvalue weighted by Gasteiger charge is -2.40. The fraction of sp³-hybridized carbons (Fsp3) is 0.562. The van der Waals surface area contributed by atoms with Gasteiger partial charge in [0.15, 0.2) is 0 Å². The lowest BCUT2D eigenvalue weighted by molar-refractivity contribution is -0.129. The molecule has 0 aliphatic heterocycles. The van der Waals surface area contributed by atoms with Gasteiger partial charge in [-0.15, -0.1) is 0 Å². The summed E-state index contributed by atoms with van der Waals surface area (Å²) in [7, 11) is 4.04. The zero-order valence-corrected chi connectivity index (χ0v) is 12.3. The second-order valence-corrected chi connectivity index (χ2v) is 5.86. The number of halogens is 1. The van der Waals surface area contributed by atoms with Crippen LogP contribution in [0.2, 0.25) is 0 Å². The highest BCUT2D eigenvalue weighted by Crippen LogP contribution is 2.43. The lowest BCUT2D eigenvalue weighted by Crippen LogP contribution is -2.49. The molecule has 0 bridgehead atoms. The maximum atomic E-state index is 13.0. The molecule has 2 rings (SSSR count). The quantitative estimate of drug-likeness (QED) is 0.810. The molecule has 0 aromatic heterocycles. The molecule has 1 aromatic carbocycles. The van der Waals surface area contributed by atoms with Gasteiger partial charge in [0.25, 0.3) is 0 Å². The molecular formula is C16H23FN2O. The molecule has 3 nitrogen and oxygen atoms in total. The molecule has 1 saturated carbocycles. The first-order chi connectivity index (χ1) is 9.54. The standard InChI is InChI=1S/C16H23FN2O/c1-19(2)12-4-11-18-15(20)16(9-3-10-16)13-5-7-14(17)8-6-13/h5-8H,3-4,9-12H2,1-2H3,(H,18,20). The zero-order valence-electron chi connectivity index (χ0n) is 12.3. The minimum Gasteiger partial charge on any atom is -0.355 e. The molecule has 1 N–H and O–H groups in total. The van der Waals surface area contributed by atoms with Gasteiger partial charge in [0.1, 0.15) is 5.82 Å². The molecule has 1 aliphatic rings. The Morgan fingerprint density at radius 1 is 1.30 bits per heavy atom. The smallest absolute Gasteiger partial charge is 0.230 e. The predicted octanol–water partition coefficient (Wildman–Crippen LogP) is 2.32. The zero-order chi connectivity index (χ0) is 14.6. The van der Waals surface area contributed by atoms with Crippen molar-refractivity contribution in [1.82, 2.24) is 10.2 Å². The molecule has 0 atom stereocenters. The van der Waals surface area contributed by atoms with E-state index >= 15 is 0 Å². The summed E-state index contributed by atoms with van der Waals surface area (Å²) in [6, 6.07) is 6.37. The lowest BCUT2D eigenvalue weighted by atomic mass is 9.64. The number of carbonyl (C=O) groups excluding carboxylic acids is 1. The van der Waals surface area contributed by atoms with Crippen molar-refractivity contribution in [2.75, 3.05) is 27.2 Å². The fourth-order valence-corrected chi connectivity index (χ4v) is 2.71. The molecule has 1 amide bonds. The molecule has 1 aromatic rings. The van der Waals surface area contributed by atoms with Crippen molar-refractivity contribution in [3.8, 4) is 0 Å². The van der Waals surface area contributed by atoms with Crippen LogP contribution in [0.5, 0.6) is 0 Å². The van der Waals surface area contributed by atoms with Crippen LogP contribution in [0.1, 0.15) is 31.2 Å². The molecule has 0 radical (unpaired) electrons. The number of nitrogens with zero attached hydrogens (tertiary/aromatic N) is 1. The Morgan fingerprint density at radius 2 is 1.95 bits per heavy atom. The van der Waals surface area contributed by atoms with Gasteiger partial charge >= 0.3 is 0 Å². The Hall–Kier alpha value is -1.42. The normalized spacial score (nSPS) is 16.8. The van der Waals surface area contributed by atoms with Gasteiger partial charge < -0.3 is 10.2 Å². The van der Waals surface area contributed by atoms with E-state index < -0.39 is 5.41 Å². The van der Waals surface area contributed by atoms with Crippen LogP contribution >= 0.6 is 0 Å². The summed E-state index contributed by atoms with van der Waals surface area (Å²) >= 11 is 0. The Morgan fingerprint density at radius 3 is 2.45 bits per heavy atom. The number of rotatable bonds is 6. The summed E-state index contributed by atoms with van der Waals surface area (Å²) in [5.74, 6) is -0.163. The Bertz CT molecular complexity index is 452.